The van der Waals surface area contributed by atoms with Gasteiger partial charge in [-0.3, -0.25) is 9.59 Å². The average Bonchev–Trinajstić information content (AvgIpc) is 2.81. The van der Waals surface area contributed by atoms with Gasteiger partial charge in [0, 0.05) is 23.5 Å². The van der Waals surface area contributed by atoms with Crippen LogP contribution in [0.5, 0.6) is 5.75 Å². The van der Waals surface area contributed by atoms with Crippen molar-refractivity contribution in [3.63, 3.8) is 0 Å². The first-order chi connectivity index (χ1) is 14.7. The van der Waals surface area contributed by atoms with E-state index in [4.69, 9.17) is 4.74 Å². The Bertz CT molecular complexity index is 947. The van der Waals surface area contributed by atoms with Gasteiger partial charge >= 0.3 is 0 Å². The quantitative estimate of drug-likeness (QED) is 0.404. The van der Waals surface area contributed by atoms with E-state index in [1.165, 1.54) is 11.8 Å². The van der Waals surface area contributed by atoms with E-state index < -0.39 is 0 Å². The SMILES string of the molecule is COc1ccc(C(=O)NCCNC(=O)C(Sc2ccccc2)c2ccccc2)cc1. The molecule has 0 aliphatic rings. The standard InChI is InChI=1S/C24H24N2O3S/c1-29-20-14-12-19(13-15-20)23(27)25-16-17-26-24(28)22(18-8-4-2-5-9-18)30-21-10-6-3-7-11-21/h2-15,22H,16-17H2,1H3,(H,25,27)(H,26,28). The van der Waals surface area contributed by atoms with Gasteiger partial charge in [0.25, 0.3) is 5.91 Å². The fourth-order valence-corrected chi connectivity index (χ4v) is 3.90. The van der Waals surface area contributed by atoms with Crippen molar-refractivity contribution < 1.29 is 14.3 Å². The molecule has 2 N–H and O–H groups in total. The van der Waals surface area contributed by atoms with E-state index in [1.807, 2.05) is 60.7 Å². The Hall–Kier alpha value is -3.25. The lowest BCUT2D eigenvalue weighted by atomic mass is 10.1. The number of carbonyl (C=O) groups excluding carboxylic acids is 2. The maximum absolute atomic E-state index is 12.9. The number of benzene rings is 3. The van der Waals surface area contributed by atoms with Gasteiger partial charge in [-0.2, -0.15) is 0 Å². The van der Waals surface area contributed by atoms with Crippen molar-refractivity contribution in [1.82, 2.24) is 10.6 Å². The molecule has 0 heterocycles. The van der Waals surface area contributed by atoms with E-state index in [2.05, 4.69) is 10.6 Å². The highest BCUT2D eigenvalue weighted by Crippen LogP contribution is 2.35. The van der Waals surface area contributed by atoms with Gasteiger partial charge in [-0.05, 0) is 42.0 Å². The van der Waals surface area contributed by atoms with Crippen LogP contribution in [0.4, 0.5) is 0 Å². The first kappa shape index (κ1) is 21.5. The maximum Gasteiger partial charge on any atom is 0.251 e. The topological polar surface area (TPSA) is 67.4 Å². The molecule has 30 heavy (non-hydrogen) atoms. The summed E-state index contributed by atoms with van der Waals surface area (Å²) in [5.41, 5.74) is 1.48. The van der Waals surface area contributed by atoms with Crippen LogP contribution in [-0.4, -0.2) is 32.0 Å². The second-order valence-corrected chi connectivity index (χ2v) is 7.68. The Kier molecular flexibility index (Phi) is 7.92. The van der Waals surface area contributed by atoms with E-state index >= 15 is 0 Å². The first-order valence-corrected chi connectivity index (χ1v) is 10.5. The molecule has 1 unspecified atom stereocenters. The van der Waals surface area contributed by atoms with Gasteiger partial charge in [-0.1, -0.05) is 48.5 Å². The Labute approximate surface area is 180 Å². The van der Waals surface area contributed by atoms with Crippen molar-refractivity contribution in [3.05, 3.63) is 96.1 Å². The summed E-state index contributed by atoms with van der Waals surface area (Å²) in [6.07, 6.45) is 0. The molecule has 0 saturated carbocycles. The minimum Gasteiger partial charge on any atom is -0.497 e. The van der Waals surface area contributed by atoms with Gasteiger partial charge in [0.15, 0.2) is 0 Å². The highest BCUT2D eigenvalue weighted by molar-refractivity contribution is 8.00. The molecule has 0 aliphatic carbocycles. The molecule has 6 heteroatoms. The minimum atomic E-state index is -0.370. The van der Waals surface area contributed by atoms with E-state index in [-0.39, 0.29) is 17.1 Å². The van der Waals surface area contributed by atoms with Crippen molar-refractivity contribution in [2.24, 2.45) is 0 Å². The number of nitrogens with one attached hydrogen (secondary N) is 2. The van der Waals surface area contributed by atoms with Gasteiger partial charge in [-0.25, -0.2) is 0 Å². The molecule has 0 saturated heterocycles. The number of thioether (sulfide) groups is 1. The number of ether oxygens (including phenoxy) is 1. The largest absolute Gasteiger partial charge is 0.497 e. The number of carbonyl (C=O) groups is 2. The third-order valence-electron chi connectivity index (χ3n) is 4.40. The normalized spacial score (nSPS) is 11.4. The summed E-state index contributed by atoms with van der Waals surface area (Å²) in [4.78, 5) is 26.1. The number of hydrogen-bond donors (Lipinski definition) is 2. The molecular formula is C24H24N2O3S. The van der Waals surface area contributed by atoms with Crippen molar-refractivity contribution in [2.45, 2.75) is 10.1 Å². The van der Waals surface area contributed by atoms with Crippen molar-refractivity contribution in [1.29, 1.82) is 0 Å². The van der Waals surface area contributed by atoms with E-state index in [1.54, 1.807) is 31.4 Å². The summed E-state index contributed by atoms with van der Waals surface area (Å²) in [6, 6.07) is 26.4. The zero-order valence-corrected chi connectivity index (χ0v) is 17.5. The highest BCUT2D eigenvalue weighted by atomic mass is 32.2. The summed E-state index contributed by atoms with van der Waals surface area (Å²) < 4.78 is 5.09. The zero-order chi connectivity index (χ0) is 21.2. The summed E-state index contributed by atoms with van der Waals surface area (Å²) in [7, 11) is 1.58. The van der Waals surface area contributed by atoms with Crippen LogP contribution in [0.3, 0.4) is 0 Å². The van der Waals surface area contributed by atoms with E-state index in [9.17, 15) is 9.59 Å². The molecule has 0 radical (unpaired) electrons. The fraction of sp³-hybridized carbons (Fsp3) is 0.167. The van der Waals surface area contributed by atoms with Crippen LogP contribution in [0.2, 0.25) is 0 Å². The number of amides is 2. The van der Waals surface area contributed by atoms with Crippen molar-refractivity contribution in [2.75, 3.05) is 20.2 Å². The summed E-state index contributed by atoms with van der Waals surface area (Å²) in [5, 5.41) is 5.38. The molecule has 0 bridgehead atoms. The molecular weight excluding hydrogens is 396 g/mol. The first-order valence-electron chi connectivity index (χ1n) is 9.64. The molecule has 5 nitrogen and oxygen atoms in total. The van der Waals surface area contributed by atoms with Crippen molar-refractivity contribution in [3.8, 4) is 5.75 Å². The molecule has 154 valence electrons. The molecule has 3 aromatic carbocycles. The Balaban J connectivity index is 1.54. The molecule has 3 rings (SSSR count). The Morgan fingerprint density at radius 1 is 0.833 bits per heavy atom. The predicted molar refractivity (Wildman–Crippen MR) is 120 cm³/mol. The molecule has 0 aromatic heterocycles. The molecule has 1 atom stereocenters. The van der Waals surface area contributed by atoms with E-state index in [0.29, 0.717) is 24.4 Å². The second-order valence-electron chi connectivity index (χ2n) is 6.50. The number of methoxy groups -OCH3 is 1. The monoisotopic (exact) mass is 420 g/mol. The van der Waals surface area contributed by atoms with Crippen LogP contribution in [0.15, 0.2) is 89.8 Å². The van der Waals surface area contributed by atoms with E-state index in [0.717, 1.165) is 10.5 Å². The highest BCUT2D eigenvalue weighted by Gasteiger charge is 2.21. The lowest BCUT2D eigenvalue weighted by Gasteiger charge is -2.17. The lowest BCUT2D eigenvalue weighted by Crippen LogP contribution is -2.36. The fourth-order valence-electron chi connectivity index (χ4n) is 2.83. The third-order valence-corrected chi connectivity index (χ3v) is 5.67. The molecule has 0 spiro atoms. The third kappa shape index (κ3) is 6.12. The summed E-state index contributed by atoms with van der Waals surface area (Å²) in [6.45, 7) is 0.688. The van der Waals surface area contributed by atoms with Gasteiger partial charge < -0.3 is 15.4 Å². The van der Waals surface area contributed by atoms with Crippen LogP contribution in [-0.2, 0) is 4.79 Å². The van der Waals surface area contributed by atoms with Gasteiger partial charge in [0.1, 0.15) is 11.0 Å². The molecule has 0 aliphatic heterocycles. The Morgan fingerprint density at radius 3 is 2.07 bits per heavy atom. The Morgan fingerprint density at radius 2 is 1.43 bits per heavy atom. The van der Waals surface area contributed by atoms with Gasteiger partial charge in [-0.15, -0.1) is 11.8 Å². The van der Waals surface area contributed by atoms with Crippen molar-refractivity contribution >= 4 is 23.6 Å². The number of hydrogen-bond acceptors (Lipinski definition) is 4. The van der Waals surface area contributed by atoms with Crippen LogP contribution in [0.1, 0.15) is 21.2 Å². The minimum absolute atomic E-state index is 0.0891. The number of rotatable bonds is 9. The van der Waals surface area contributed by atoms with Gasteiger partial charge in [0.05, 0.1) is 7.11 Å². The van der Waals surface area contributed by atoms with Crippen LogP contribution >= 0.6 is 11.8 Å². The smallest absolute Gasteiger partial charge is 0.251 e. The molecule has 2 amide bonds. The predicted octanol–water partition coefficient (Wildman–Crippen LogP) is 4.07. The molecule has 0 fully saturated rings. The zero-order valence-electron chi connectivity index (χ0n) is 16.7. The van der Waals surface area contributed by atoms with Gasteiger partial charge in [0.2, 0.25) is 5.91 Å². The molecule has 3 aromatic rings. The second kappa shape index (κ2) is 11.1. The average molecular weight is 421 g/mol. The summed E-state index contributed by atoms with van der Waals surface area (Å²) in [5.74, 6) is 0.417. The van der Waals surface area contributed by atoms with Crippen LogP contribution in [0, 0.1) is 0 Å². The lowest BCUT2D eigenvalue weighted by molar-refractivity contribution is -0.120. The maximum atomic E-state index is 12.9. The van der Waals surface area contributed by atoms with Crippen LogP contribution in [0.25, 0.3) is 0 Å². The summed E-state index contributed by atoms with van der Waals surface area (Å²) >= 11 is 1.50. The van der Waals surface area contributed by atoms with Crippen LogP contribution < -0.4 is 15.4 Å².